The highest BCUT2D eigenvalue weighted by Crippen LogP contribution is 2.36. The highest BCUT2D eigenvalue weighted by Gasteiger charge is 2.34. The van der Waals surface area contributed by atoms with E-state index >= 15 is 0 Å². The summed E-state index contributed by atoms with van der Waals surface area (Å²) in [6, 6.07) is 29.2. The minimum atomic E-state index is -0.614. The number of nitrogens with zero attached hydrogens (tertiary/aromatic N) is 3. The molecule has 0 aliphatic carbocycles. The summed E-state index contributed by atoms with van der Waals surface area (Å²) in [5.74, 6) is 0.697. The minimum Gasteiger partial charge on any atom is -0.505 e. The highest BCUT2D eigenvalue weighted by molar-refractivity contribution is 6.33. The van der Waals surface area contributed by atoms with Gasteiger partial charge in [-0.25, -0.2) is 4.99 Å². The van der Waals surface area contributed by atoms with Crippen LogP contribution in [0.4, 0.5) is 11.4 Å². The van der Waals surface area contributed by atoms with Gasteiger partial charge in [0.2, 0.25) is 0 Å². The maximum atomic E-state index is 13.5. The number of amidine groups is 1. The zero-order valence-electron chi connectivity index (χ0n) is 18.8. The molecule has 0 spiro atoms. The van der Waals surface area contributed by atoms with Gasteiger partial charge in [0.15, 0.2) is 0 Å². The van der Waals surface area contributed by atoms with Crippen molar-refractivity contribution in [3.05, 3.63) is 130 Å². The number of para-hydroxylation sites is 1. The lowest BCUT2D eigenvalue weighted by Crippen LogP contribution is -2.32. The maximum Gasteiger partial charge on any atom is 0.282 e. The molecule has 0 aromatic heterocycles. The average molecular weight is 477 g/mol. The molecule has 0 atom stereocenters. The number of nitro groups is 1. The van der Waals surface area contributed by atoms with Gasteiger partial charge in [0.05, 0.1) is 16.7 Å². The summed E-state index contributed by atoms with van der Waals surface area (Å²) in [4.78, 5) is 29.8. The second kappa shape index (κ2) is 9.55. The summed E-state index contributed by atoms with van der Waals surface area (Å²) < 4.78 is 5.89. The Bertz CT molecular complexity index is 1510. The third-order valence-electron chi connectivity index (χ3n) is 5.44. The molecule has 1 aliphatic heterocycles. The van der Waals surface area contributed by atoms with Crippen LogP contribution < -0.4 is 9.64 Å². The molecule has 4 aromatic rings. The molecule has 0 fully saturated rings. The number of carbonyl (C=O) groups is 1. The minimum absolute atomic E-state index is 0.0952. The summed E-state index contributed by atoms with van der Waals surface area (Å²) >= 11 is 0. The van der Waals surface area contributed by atoms with Crippen LogP contribution in [0.2, 0.25) is 0 Å². The second-order valence-corrected chi connectivity index (χ2v) is 7.89. The fraction of sp³-hybridized carbons (Fsp3) is 0. The van der Waals surface area contributed by atoms with Gasteiger partial charge in [-0.15, -0.1) is 0 Å². The molecule has 0 saturated carbocycles. The SMILES string of the molecule is O=C1C(=Cc2cccc(Oc3ccccc3)c2)N=C(c2ccccc2)N1c1ccc([N+](=O)[O-])cc1O. The van der Waals surface area contributed by atoms with E-state index in [0.29, 0.717) is 28.5 Å². The van der Waals surface area contributed by atoms with Crippen LogP contribution in [0, 0.1) is 10.1 Å². The standard InChI is InChI=1S/C28H19N3O5/c32-26-18-21(31(34)35)14-15-25(26)30-27(20-9-3-1-4-10-20)29-24(28(30)33)17-19-8-7-13-23(16-19)36-22-11-5-2-6-12-22/h1-18,32H. The van der Waals surface area contributed by atoms with Crippen molar-refractivity contribution in [1.29, 1.82) is 0 Å². The molecule has 8 nitrogen and oxygen atoms in total. The molecule has 1 heterocycles. The topological polar surface area (TPSA) is 105 Å². The first-order chi connectivity index (χ1) is 17.5. The highest BCUT2D eigenvalue weighted by atomic mass is 16.6. The molecular formula is C28H19N3O5. The van der Waals surface area contributed by atoms with Crippen LogP contribution >= 0.6 is 0 Å². The molecule has 1 N–H and O–H groups in total. The molecule has 4 aromatic carbocycles. The van der Waals surface area contributed by atoms with E-state index in [2.05, 4.69) is 4.99 Å². The molecule has 0 bridgehead atoms. The van der Waals surface area contributed by atoms with Gasteiger partial charge in [-0.2, -0.15) is 0 Å². The van der Waals surface area contributed by atoms with Crippen molar-refractivity contribution in [2.24, 2.45) is 4.99 Å². The van der Waals surface area contributed by atoms with E-state index in [1.54, 1.807) is 24.3 Å². The van der Waals surface area contributed by atoms with Crippen molar-refractivity contribution in [2.45, 2.75) is 0 Å². The lowest BCUT2D eigenvalue weighted by atomic mass is 10.1. The Hall–Kier alpha value is -5.24. The number of hydrogen-bond acceptors (Lipinski definition) is 6. The van der Waals surface area contributed by atoms with Crippen LogP contribution in [0.3, 0.4) is 0 Å². The Balaban J connectivity index is 1.54. The summed E-state index contributed by atoms with van der Waals surface area (Å²) in [6.07, 6.45) is 1.63. The maximum absolute atomic E-state index is 13.5. The van der Waals surface area contributed by atoms with Crippen LogP contribution in [-0.4, -0.2) is 21.8 Å². The summed E-state index contributed by atoms with van der Waals surface area (Å²) in [5, 5.41) is 21.7. The average Bonchev–Trinajstić information content (AvgIpc) is 3.21. The van der Waals surface area contributed by atoms with Gasteiger partial charge in [0.25, 0.3) is 11.6 Å². The van der Waals surface area contributed by atoms with E-state index in [1.807, 2.05) is 66.7 Å². The number of carbonyl (C=O) groups excluding carboxylic acids is 1. The number of amides is 1. The molecule has 1 amide bonds. The van der Waals surface area contributed by atoms with Crippen LogP contribution in [-0.2, 0) is 4.79 Å². The number of anilines is 1. The first kappa shape index (κ1) is 22.5. The Kier molecular flexibility index (Phi) is 5.98. The van der Waals surface area contributed by atoms with Crippen molar-refractivity contribution >= 4 is 29.2 Å². The molecule has 36 heavy (non-hydrogen) atoms. The van der Waals surface area contributed by atoms with Gasteiger partial charge < -0.3 is 9.84 Å². The lowest BCUT2D eigenvalue weighted by Gasteiger charge is -2.19. The Morgan fingerprint density at radius 1 is 0.861 bits per heavy atom. The fourth-order valence-electron chi connectivity index (χ4n) is 3.79. The third-order valence-corrected chi connectivity index (χ3v) is 5.44. The van der Waals surface area contributed by atoms with Gasteiger partial charge in [-0.1, -0.05) is 60.7 Å². The molecular weight excluding hydrogens is 458 g/mol. The first-order valence-corrected chi connectivity index (χ1v) is 11.0. The number of phenolic OH excluding ortho intramolecular Hbond substituents is 1. The number of aromatic hydroxyl groups is 1. The summed E-state index contributed by atoms with van der Waals surface area (Å²) in [5.41, 5.74) is 1.29. The van der Waals surface area contributed by atoms with E-state index in [4.69, 9.17) is 4.74 Å². The molecule has 0 saturated heterocycles. The normalized spacial score (nSPS) is 14.1. The molecule has 0 unspecified atom stereocenters. The monoisotopic (exact) mass is 477 g/mol. The van der Waals surface area contributed by atoms with Crippen molar-refractivity contribution in [2.75, 3.05) is 4.90 Å². The molecule has 8 heteroatoms. The first-order valence-electron chi connectivity index (χ1n) is 11.0. The largest absolute Gasteiger partial charge is 0.505 e. The predicted molar refractivity (Wildman–Crippen MR) is 136 cm³/mol. The van der Waals surface area contributed by atoms with Gasteiger partial charge in [-0.05, 0) is 42.0 Å². The Morgan fingerprint density at radius 3 is 2.25 bits per heavy atom. The van der Waals surface area contributed by atoms with Gasteiger partial charge >= 0.3 is 0 Å². The fourth-order valence-corrected chi connectivity index (χ4v) is 3.79. The zero-order valence-corrected chi connectivity index (χ0v) is 18.8. The molecule has 0 radical (unpaired) electrons. The van der Waals surface area contributed by atoms with Crippen LogP contribution in [0.5, 0.6) is 17.2 Å². The lowest BCUT2D eigenvalue weighted by molar-refractivity contribution is -0.384. The van der Waals surface area contributed by atoms with Crippen LogP contribution in [0.25, 0.3) is 6.08 Å². The number of non-ortho nitro benzene ring substituents is 1. The van der Waals surface area contributed by atoms with Crippen molar-refractivity contribution in [1.82, 2.24) is 0 Å². The van der Waals surface area contributed by atoms with Gasteiger partial charge in [0, 0.05) is 11.6 Å². The summed E-state index contributed by atoms with van der Waals surface area (Å²) in [7, 11) is 0. The predicted octanol–water partition coefficient (Wildman–Crippen LogP) is 5.93. The van der Waals surface area contributed by atoms with E-state index in [9.17, 15) is 20.0 Å². The van der Waals surface area contributed by atoms with E-state index in [0.717, 1.165) is 6.07 Å². The van der Waals surface area contributed by atoms with E-state index in [-0.39, 0.29) is 17.1 Å². The number of phenols is 1. The van der Waals surface area contributed by atoms with E-state index < -0.39 is 16.6 Å². The van der Waals surface area contributed by atoms with Crippen molar-refractivity contribution < 1.29 is 19.6 Å². The van der Waals surface area contributed by atoms with E-state index in [1.165, 1.54) is 17.0 Å². The molecule has 1 aliphatic rings. The number of nitro benzene ring substituents is 1. The van der Waals surface area contributed by atoms with Gasteiger partial charge in [-0.3, -0.25) is 19.8 Å². The Labute approximate surface area is 206 Å². The number of rotatable bonds is 6. The molecule has 176 valence electrons. The van der Waals surface area contributed by atoms with Gasteiger partial charge in [0.1, 0.15) is 28.8 Å². The third kappa shape index (κ3) is 4.55. The van der Waals surface area contributed by atoms with Crippen LogP contribution in [0.15, 0.2) is 114 Å². The molecule has 5 rings (SSSR count). The Morgan fingerprint density at radius 2 is 1.56 bits per heavy atom. The number of benzene rings is 4. The number of ether oxygens (including phenoxy) is 1. The van der Waals surface area contributed by atoms with Crippen LogP contribution in [0.1, 0.15) is 11.1 Å². The zero-order chi connectivity index (χ0) is 25.1. The summed E-state index contributed by atoms with van der Waals surface area (Å²) in [6.45, 7) is 0. The van der Waals surface area contributed by atoms with Crippen molar-refractivity contribution in [3.8, 4) is 17.2 Å². The quantitative estimate of drug-likeness (QED) is 0.211. The second-order valence-electron chi connectivity index (χ2n) is 7.89. The smallest absolute Gasteiger partial charge is 0.282 e. The number of aliphatic imine (C=N–C) groups is 1. The number of hydrogen-bond donors (Lipinski definition) is 1. The van der Waals surface area contributed by atoms with Crippen molar-refractivity contribution in [3.63, 3.8) is 0 Å².